The van der Waals surface area contributed by atoms with Crippen LogP contribution in [0.1, 0.15) is 86.3 Å². The van der Waals surface area contributed by atoms with E-state index in [2.05, 4.69) is 32.8 Å². The molecule has 12 heteroatoms. The number of nitrogens with zero attached hydrogens (tertiary/aromatic N) is 2. The summed E-state index contributed by atoms with van der Waals surface area (Å²) >= 11 is 1.33. The maximum absolute atomic E-state index is 13.5. The van der Waals surface area contributed by atoms with Gasteiger partial charge in [-0.3, -0.25) is 14.4 Å². The number of rotatable bonds is 18. The molecule has 2 atom stereocenters. The Bertz CT molecular complexity index is 1780. The summed E-state index contributed by atoms with van der Waals surface area (Å²) in [4.78, 5) is 61.2. The number of carboxylic acids is 1. The highest BCUT2D eigenvalue weighted by atomic mass is 32.1. The molecule has 2 heterocycles. The summed E-state index contributed by atoms with van der Waals surface area (Å²) in [5, 5.41) is 17.2. The van der Waals surface area contributed by atoms with Crippen LogP contribution in [0, 0.1) is 0 Å². The number of carbonyl (C=O) groups excluding carboxylic acids is 3. The van der Waals surface area contributed by atoms with E-state index in [9.17, 15) is 24.3 Å². The molecular formula is C40H49N5O6S. The molecular weight excluding hydrogens is 679 g/mol. The smallest absolute Gasteiger partial charge is 0.326 e. The van der Waals surface area contributed by atoms with Crippen molar-refractivity contribution in [3.63, 3.8) is 0 Å². The van der Waals surface area contributed by atoms with Crippen LogP contribution in [0.4, 0.5) is 0 Å². The highest BCUT2D eigenvalue weighted by molar-refractivity contribution is 7.14. The van der Waals surface area contributed by atoms with Gasteiger partial charge in [-0.25, -0.2) is 14.8 Å². The fraction of sp³-hybridized carbons (Fsp3) is 0.400. The molecule has 4 N–H and O–H groups in total. The molecule has 3 amide bonds. The number of hydrogen-bond donors (Lipinski definition) is 4. The first-order chi connectivity index (χ1) is 24.9. The van der Waals surface area contributed by atoms with Crippen molar-refractivity contribution >= 4 is 35.0 Å². The Morgan fingerprint density at radius 3 is 2.06 bits per heavy atom. The molecule has 52 heavy (non-hydrogen) atoms. The molecule has 4 aromatic rings. The zero-order valence-electron chi connectivity index (χ0n) is 30.5. The van der Waals surface area contributed by atoms with E-state index in [0.29, 0.717) is 22.9 Å². The van der Waals surface area contributed by atoms with E-state index in [1.54, 1.807) is 18.5 Å². The summed E-state index contributed by atoms with van der Waals surface area (Å²) in [5.41, 5.74) is 3.15. The molecule has 0 bridgehead atoms. The Kier molecular flexibility index (Phi) is 14.5. The van der Waals surface area contributed by atoms with Crippen LogP contribution in [-0.2, 0) is 26.2 Å². The number of benzene rings is 2. The van der Waals surface area contributed by atoms with E-state index >= 15 is 0 Å². The van der Waals surface area contributed by atoms with Gasteiger partial charge in [0.05, 0.1) is 17.9 Å². The van der Waals surface area contributed by atoms with Crippen molar-refractivity contribution in [2.24, 2.45) is 0 Å². The highest BCUT2D eigenvalue weighted by Gasteiger charge is 2.29. The Morgan fingerprint density at radius 1 is 0.808 bits per heavy atom. The summed E-state index contributed by atoms with van der Waals surface area (Å²) in [7, 11) is 1.38. The quantitative estimate of drug-likeness (QED) is 0.0839. The summed E-state index contributed by atoms with van der Waals surface area (Å²) in [5.74, 6) is -1.72. The molecule has 0 fully saturated rings. The maximum Gasteiger partial charge on any atom is 0.326 e. The van der Waals surface area contributed by atoms with Gasteiger partial charge in [0.15, 0.2) is 5.82 Å². The van der Waals surface area contributed by atoms with Crippen LogP contribution in [0.2, 0.25) is 0 Å². The van der Waals surface area contributed by atoms with Gasteiger partial charge in [-0.05, 0) is 47.2 Å². The summed E-state index contributed by atoms with van der Waals surface area (Å²) in [6.45, 7) is 9.05. The molecule has 4 rings (SSSR count). The molecule has 0 aliphatic carbocycles. The molecule has 0 radical (unpaired) electrons. The second-order valence-electron chi connectivity index (χ2n) is 13.7. The van der Waals surface area contributed by atoms with Gasteiger partial charge < -0.3 is 25.8 Å². The lowest BCUT2D eigenvalue weighted by Crippen LogP contribution is -2.53. The van der Waals surface area contributed by atoms with Crippen molar-refractivity contribution in [1.82, 2.24) is 25.9 Å². The summed E-state index contributed by atoms with van der Waals surface area (Å²) < 4.78 is 5.88. The minimum Gasteiger partial charge on any atom is -0.494 e. The van der Waals surface area contributed by atoms with Crippen molar-refractivity contribution < 1.29 is 29.0 Å². The average molecular weight is 728 g/mol. The number of nitrogens with one attached hydrogen (secondary N) is 3. The Morgan fingerprint density at radius 2 is 1.46 bits per heavy atom. The molecule has 11 nitrogen and oxygen atoms in total. The molecule has 0 unspecified atom stereocenters. The van der Waals surface area contributed by atoms with Crippen LogP contribution in [0.5, 0.6) is 5.75 Å². The Hall–Kier alpha value is -5.10. The van der Waals surface area contributed by atoms with Crippen LogP contribution in [-0.4, -0.2) is 64.5 Å². The first-order valence-electron chi connectivity index (χ1n) is 17.7. The van der Waals surface area contributed by atoms with E-state index < -0.39 is 42.2 Å². The normalized spacial score (nSPS) is 12.4. The number of ether oxygens (including phenoxy) is 1. The monoisotopic (exact) mass is 727 g/mol. The number of aliphatic carboxylic acids is 1. The topological polar surface area (TPSA) is 160 Å². The van der Waals surface area contributed by atoms with Gasteiger partial charge in [-0.2, -0.15) is 0 Å². The first kappa shape index (κ1) is 39.7. The van der Waals surface area contributed by atoms with Gasteiger partial charge in [0.2, 0.25) is 11.8 Å². The number of thiophene rings is 1. The van der Waals surface area contributed by atoms with Crippen LogP contribution in [0.25, 0.3) is 22.5 Å². The van der Waals surface area contributed by atoms with E-state index in [0.717, 1.165) is 33.7 Å². The Labute approximate surface area is 309 Å². The third-order valence-corrected chi connectivity index (χ3v) is 9.99. The highest BCUT2D eigenvalue weighted by Crippen LogP contribution is 2.29. The molecule has 0 aliphatic heterocycles. The predicted octanol–water partition coefficient (Wildman–Crippen LogP) is 6.57. The largest absolute Gasteiger partial charge is 0.494 e. The number of carboxylic acid groups (broad SMARTS) is 1. The van der Waals surface area contributed by atoms with Gasteiger partial charge in [0.1, 0.15) is 17.8 Å². The molecule has 2 aromatic carbocycles. The second kappa shape index (κ2) is 18.9. The molecule has 2 aromatic heterocycles. The fourth-order valence-electron chi connectivity index (χ4n) is 5.35. The first-order valence-corrected chi connectivity index (χ1v) is 18.5. The number of unbranched alkanes of at least 4 members (excludes halogenated alkanes) is 4. The predicted molar refractivity (Wildman–Crippen MR) is 203 cm³/mol. The van der Waals surface area contributed by atoms with Crippen LogP contribution in [0.3, 0.4) is 0 Å². The van der Waals surface area contributed by atoms with Crippen molar-refractivity contribution in [3.8, 4) is 28.3 Å². The minimum absolute atomic E-state index is 0.0695. The van der Waals surface area contributed by atoms with Crippen molar-refractivity contribution in [3.05, 3.63) is 88.4 Å². The lowest BCUT2D eigenvalue weighted by Gasteiger charge is -2.21. The summed E-state index contributed by atoms with van der Waals surface area (Å²) in [6, 6.07) is 16.2. The lowest BCUT2D eigenvalue weighted by atomic mass is 9.95. The minimum atomic E-state index is -1.47. The SMILES string of the molecule is CCCCCCCOc1ccc(-c2cnc(-c3ccc(C[C@H](NC(=O)c4ccc(C(C)(C)C)s4)C(=O)N[C@H](CC(=O)NC)C(=O)O)cc3)nc2)cc1. The standard InChI is InChI=1S/C40H49N5O6S/c1-6-7-8-9-10-21-51-30-17-15-27(16-18-30)29-24-42-36(43-25-29)28-13-11-26(12-14-28)22-31(37(47)45-32(39(49)50)23-35(46)41-5)44-38(48)33-19-20-34(52-33)40(2,3)4/h11-20,24-25,31-32H,6-10,21-23H2,1-5H3,(H,41,46)(H,44,48)(H,45,47)(H,49,50)/t31-,32+/m0/s1. The number of aromatic nitrogens is 2. The van der Waals surface area contributed by atoms with Crippen LogP contribution >= 0.6 is 11.3 Å². The maximum atomic E-state index is 13.5. The fourth-order valence-corrected chi connectivity index (χ4v) is 6.32. The molecule has 0 saturated carbocycles. The molecule has 0 aliphatic rings. The van der Waals surface area contributed by atoms with Crippen molar-refractivity contribution in [1.29, 1.82) is 0 Å². The molecule has 0 spiro atoms. The van der Waals surface area contributed by atoms with E-state index in [1.165, 1.54) is 44.1 Å². The number of amides is 3. The number of hydrogen-bond acceptors (Lipinski definition) is 8. The van der Waals surface area contributed by atoms with Gasteiger partial charge in [-0.1, -0.05) is 89.8 Å². The third kappa shape index (κ3) is 11.7. The van der Waals surface area contributed by atoms with Crippen molar-refractivity contribution in [2.45, 2.75) is 90.1 Å². The lowest BCUT2D eigenvalue weighted by molar-refractivity contribution is -0.143. The zero-order valence-corrected chi connectivity index (χ0v) is 31.3. The van der Waals surface area contributed by atoms with Gasteiger partial charge in [0.25, 0.3) is 5.91 Å². The van der Waals surface area contributed by atoms with Gasteiger partial charge in [0, 0.05) is 41.9 Å². The average Bonchev–Trinajstić information content (AvgIpc) is 3.65. The Balaban J connectivity index is 1.44. The van der Waals surface area contributed by atoms with E-state index in [1.807, 2.05) is 75.4 Å². The van der Waals surface area contributed by atoms with Crippen molar-refractivity contribution in [2.75, 3.05) is 13.7 Å². The van der Waals surface area contributed by atoms with Crippen LogP contribution < -0.4 is 20.7 Å². The van der Waals surface area contributed by atoms with Crippen LogP contribution in [0.15, 0.2) is 73.1 Å². The third-order valence-electron chi connectivity index (χ3n) is 8.48. The second-order valence-corrected chi connectivity index (χ2v) is 14.8. The molecule has 0 saturated heterocycles. The van der Waals surface area contributed by atoms with Gasteiger partial charge >= 0.3 is 5.97 Å². The summed E-state index contributed by atoms with van der Waals surface area (Å²) in [6.07, 6.45) is 9.11. The molecule has 276 valence electrons. The van der Waals surface area contributed by atoms with Gasteiger partial charge in [-0.15, -0.1) is 11.3 Å². The van der Waals surface area contributed by atoms with E-state index in [4.69, 9.17) is 4.74 Å². The number of carbonyl (C=O) groups is 4. The van der Waals surface area contributed by atoms with E-state index in [-0.39, 0.29) is 11.8 Å². The zero-order chi connectivity index (χ0) is 37.7.